The highest BCUT2D eigenvalue weighted by molar-refractivity contribution is 5.98. The van der Waals surface area contributed by atoms with Gasteiger partial charge in [-0.1, -0.05) is 0 Å². The van der Waals surface area contributed by atoms with Crippen molar-refractivity contribution >= 4 is 11.6 Å². The highest BCUT2D eigenvalue weighted by Crippen LogP contribution is 2.30. The smallest absolute Gasteiger partial charge is 0.227 e. The maximum absolute atomic E-state index is 11.1. The molecule has 1 heterocycles. The van der Waals surface area contributed by atoms with Gasteiger partial charge in [-0.3, -0.25) is 4.79 Å². The maximum atomic E-state index is 11.1. The lowest BCUT2D eigenvalue weighted by molar-refractivity contribution is -0.114. The summed E-state index contributed by atoms with van der Waals surface area (Å²) < 4.78 is 5.12. The average molecular weight is 190 g/mol. The van der Waals surface area contributed by atoms with E-state index in [1.807, 2.05) is 18.2 Å². The van der Waals surface area contributed by atoms with Gasteiger partial charge < -0.3 is 9.64 Å². The van der Waals surface area contributed by atoms with Crippen LogP contribution >= 0.6 is 0 Å². The van der Waals surface area contributed by atoms with Crippen LogP contribution in [0.5, 0.6) is 5.75 Å². The van der Waals surface area contributed by atoms with Crippen molar-refractivity contribution in [1.82, 2.24) is 0 Å². The molecule has 3 heteroatoms. The fourth-order valence-corrected chi connectivity index (χ4v) is 1.76. The Balaban J connectivity index is 2.38. The van der Waals surface area contributed by atoms with Crippen LogP contribution in [0.2, 0.25) is 0 Å². The number of nitrogens with zero attached hydrogens (tertiary/aromatic N) is 1. The molecule has 0 atom stereocenters. The van der Waals surface area contributed by atoms with E-state index in [-0.39, 0.29) is 5.91 Å². The monoisotopic (exact) mass is 190 g/mol. The fourth-order valence-electron chi connectivity index (χ4n) is 1.76. The predicted molar refractivity (Wildman–Crippen MR) is 54.4 cm³/mol. The van der Waals surface area contributed by atoms with Crippen molar-refractivity contribution in [2.75, 3.05) is 18.6 Å². The number of fused-ring (bicyclic) bond motifs is 1. The molecule has 0 fully saturated rings. The zero-order valence-electron chi connectivity index (χ0n) is 8.12. The summed E-state index contributed by atoms with van der Waals surface area (Å²) in [5.41, 5.74) is 2.12. The molecule has 73 valence electrons. The molecule has 0 N–H and O–H groups in total. The van der Waals surface area contributed by atoms with Crippen LogP contribution in [0.25, 0.3) is 0 Å². The molecule has 1 aliphatic rings. The minimum atomic E-state index is -0.145. The first-order valence-corrected chi connectivity index (χ1v) is 4.53. The minimum Gasteiger partial charge on any atom is -0.497 e. The van der Waals surface area contributed by atoms with Crippen LogP contribution in [0, 0.1) is 6.92 Å². The lowest BCUT2D eigenvalue weighted by Gasteiger charge is -2.14. The molecule has 1 amide bonds. The number of hydrogen-bond acceptors (Lipinski definition) is 2. The zero-order valence-corrected chi connectivity index (χ0v) is 8.12. The van der Waals surface area contributed by atoms with Crippen molar-refractivity contribution in [2.45, 2.75) is 6.42 Å². The van der Waals surface area contributed by atoms with Gasteiger partial charge in [-0.05, 0) is 30.2 Å². The number of anilines is 1. The van der Waals surface area contributed by atoms with Gasteiger partial charge in [0.1, 0.15) is 5.75 Å². The molecule has 14 heavy (non-hydrogen) atoms. The first kappa shape index (κ1) is 9.06. The summed E-state index contributed by atoms with van der Waals surface area (Å²) in [6, 6.07) is 5.74. The Bertz CT molecular complexity index is 374. The number of methoxy groups -OCH3 is 1. The molecule has 0 aliphatic carbocycles. The van der Waals surface area contributed by atoms with Gasteiger partial charge in [0.2, 0.25) is 5.91 Å². The minimum absolute atomic E-state index is 0.145. The predicted octanol–water partition coefficient (Wildman–Crippen LogP) is 1.42. The Labute approximate surface area is 83.3 Å². The van der Waals surface area contributed by atoms with E-state index in [9.17, 15) is 4.79 Å². The van der Waals surface area contributed by atoms with Gasteiger partial charge in [-0.15, -0.1) is 0 Å². The molecule has 0 saturated carbocycles. The standard InChI is InChI=1S/C11H12NO2/c1-8(13)12-6-5-9-7-10(14-2)3-4-11(9)12/h3-4,7H,1,5-6H2,2H3. The molecule has 1 aromatic rings. The SMILES string of the molecule is [CH2]C(=O)N1CCc2cc(OC)ccc21. The quantitative estimate of drug-likeness (QED) is 0.670. The Morgan fingerprint density at radius 1 is 1.57 bits per heavy atom. The van der Waals surface area contributed by atoms with E-state index >= 15 is 0 Å². The summed E-state index contributed by atoms with van der Waals surface area (Å²) in [5.74, 6) is 0.691. The third-order valence-electron chi connectivity index (χ3n) is 2.48. The molecule has 2 rings (SSSR count). The van der Waals surface area contributed by atoms with Gasteiger partial charge in [0.15, 0.2) is 0 Å². The Morgan fingerprint density at radius 2 is 2.36 bits per heavy atom. The molecule has 0 aromatic heterocycles. The van der Waals surface area contributed by atoms with Crippen molar-refractivity contribution in [3.8, 4) is 5.75 Å². The van der Waals surface area contributed by atoms with Crippen LogP contribution in [0.4, 0.5) is 5.69 Å². The van der Waals surface area contributed by atoms with E-state index in [0.29, 0.717) is 0 Å². The second kappa shape index (κ2) is 3.33. The average Bonchev–Trinajstić information content (AvgIpc) is 2.59. The number of carbonyl (C=O) groups excluding carboxylic acids is 1. The normalized spacial score (nSPS) is 14.0. The number of ether oxygens (including phenoxy) is 1. The summed E-state index contributed by atoms with van der Waals surface area (Å²) in [4.78, 5) is 12.8. The number of hydrogen-bond donors (Lipinski definition) is 0. The van der Waals surface area contributed by atoms with Crippen molar-refractivity contribution in [3.63, 3.8) is 0 Å². The van der Waals surface area contributed by atoms with Crippen molar-refractivity contribution in [3.05, 3.63) is 30.7 Å². The summed E-state index contributed by atoms with van der Waals surface area (Å²) in [5, 5.41) is 0. The van der Waals surface area contributed by atoms with E-state index < -0.39 is 0 Å². The number of rotatable bonds is 1. The first-order chi connectivity index (χ1) is 6.72. The maximum Gasteiger partial charge on any atom is 0.227 e. The number of carbonyl (C=O) groups is 1. The van der Waals surface area contributed by atoms with Gasteiger partial charge in [0, 0.05) is 19.2 Å². The van der Waals surface area contributed by atoms with Crippen LogP contribution < -0.4 is 9.64 Å². The zero-order chi connectivity index (χ0) is 10.1. The molecule has 1 aliphatic heterocycles. The third-order valence-corrected chi connectivity index (χ3v) is 2.48. The van der Waals surface area contributed by atoms with Gasteiger partial charge in [0.05, 0.1) is 7.11 Å². The molecule has 0 unspecified atom stereocenters. The van der Waals surface area contributed by atoms with Crippen molar-refractivity contribution in [2.24, 2.45) is 0 Å². The van der Waals surface area contributed by atoms with Gasteiger partial charge in [-0.25, -0.2) is 0 Å². The fraction of sp³-hybridized carbons (Fsp3) is 0.273. The summed E-state index contributed by atoms with van der Waals surface area (Å²) >= 11 is 0. The highest BCUT2D eigenvalue weighted by atomic mass is 16.5. The van der Waals surface area contributed by atoms with E-state index in [1.54, 1.807) is 12.0 Å². The van der Waals surface area contributed by atoms with Crippen LogP contribution in [0.15, 0.2) is 18.2 Å². The van der Waals surface area contributed by atoms with E-state index in [2.05, 4.69) is 6.92 Å². The largest absolute Gasteiger partial charge is 0.497 e. The summed E-state index contributed by atoms with van der Waals surface area (Å²) in [7, 11) is 1.64. The van der Waals surface area contributed by atoms with Crippen molar-refractivity contribution < 1.29 is 9.53 Å². The Morgan fingerprint density at radius 3 is 3.00 bits per heavy atom. The number of amides is 1. The molecule has 0 spiro atoms. The molecule has 1 radical (unpaired) electrons. The van der Waals surface area contributed by atoms with Gasteiger partial charge >= 0.3 is 0 Å². The summed E-state index contributed by atoms with van der Waals surface area (Å²) in [6.45, 7) is 4.14. The number of benzene rings is 1. The van der Waals surface area contributed by atoms with E-state index in [4.69, 9.17) is 4.74 Å². The first-order valence-electron chi connectivity index (χ1n) is 4.53. The van der Waals surface area contributed by atoms with Crippen LogP contribution in [0.3, 0.4) is 0 Å². The topological polar surface area (TPSA) is 29.5 Å². The molecule has 1 aromatic carbocycles. The third kappa shape index (κ3) is 1.35. The lowest BCUT2D eigenvalue weighted by Crippen LogP contribution is -2.25. The van der Waals surface area contributed by atoms with E-state index in [1.165, 1.54) is 0 Å². The Kier molecular flexibility index (Phi) is 2.15. The molecular formula is C11H12NO2. The van der Waals surface area contributed by atoms with Crippen LogP contribution in [0.1, 0.15) is 5.56 Å². The van der Waals surface area contributed by atoms with Crippen molar-refractivity contribution in [1.29, 1.82) is 0 Å². The second-order valence-corrected chi connectivity index (χ2v) is 3.29. The molecular weight excluding hydrogens is 178 g/mol. The molecule has 3 nitrogen and oxygen atoms in total. The summed E-state index contributed by atoms with van der Waals surface area (Å²) in [6.07, 6.45) is 0.883. The van der Waals surface area contributed by atoms with Crippen LogP contribution in [-0.2, 0) is 11.2 Å². The molecule has 0 saturated heterocycles. The highest BCUT2D eigenvalue weighted by Gasteiger charge is 2.22. The van der Waals surface area contributed by atoms with Crippen LogP contribution in [-0.4, -0.2) is 19.6 Å². The Hall–Kier alpha value is -1.51. The molecule has 0 bridgehead atoms. The lowest BCUT2D eigenvalue weighted by atomic mass is 10.1. The van der Waals surface area contributed by atoms with E-state index in [0.717, 1.165) is 30.0 Å². The van der Waals surface area contributed by atoms with Gasteiger partial charge in [-0.2, -0.15) is 0 Å². The van der Waals surface area contributed by atoms with Gasteiger partial charge in [0.25, 0.3) is 0 Å². The second-order valence-electron chi connectivity index (χ2n) is 3.29.